The number of nitrogens with one attached hydrogen (secondary N) is 2. The van der Waals surface area contributed by atoms with Crippen LogP contribution >= 0.6 is 0 Å². The highest BCUT2D eigenvalue weighted by atomic mass is 19.1. The molecule has 0 spiro atoms. The molecule has 3 heterocycles. The van der Waals surface area contributed by atoms with E-state index in [1.807, 2.05) is 6.20 Å². The number of H-pyrrole nitrogens is 2. The molecule has 1 aromatic carbocycles. The first-order chi connectivity index (χ1) is 12.7. The molecule has 0 amide bonds. The van der Waals surface area contributed by atoms with Gasteiger partial charge < -0.3 is 4.90 Å². The molecule has 2 aromatic heterocycles. The van der Waals surface area contributed by atoms with E-state index in [1.165, 1.54) is 12.1 Å². The molecular weight excluding hydrogens is 335 g/mol. The summed E-state index contributed by atoms with van der Waals surface area (Å²) >= 11 is 0. The van der Waals surface area contributed by atoms with Crippen molar-refractivity contribution in [1.29, 1.82) is 0 Å². The van der Waals surface area contributed by atoms with Gasteiger partial charge in [0.05, 0.1) is 23.8 Å². The van der Waals surface area contributed by atoms with E-state index in [-0.39, 0.29) is 11.4 Å². The molecule has 1 saturated heterocycles. The van der Waals surface area contributed by atoms with Crippen molar-refractivity contribution in [1.82, 2.24) is 25.3 Å². The van der Waals surface area contributed by atoms with Gasteiger partial charge in [-0.05, 0) is 24.3 Å². The van der Waals surface area contributed by atoms with Crippen molar-refractivity contribution >= 4 is 5.69 Å². The predicted octanol–water partition coefficient (Wildman–Crippen LogP) is 1.62. The van der Waals surface area contributed by atoms with Crippen LogP contribution < -0.4 is 10.5 Å². The molecule has 0 saturated carbocycles. The van der Waals surface area contributed by atoms with Gasteiger partial charge in [-0.15, -0.1) is 0 Å². The maximum Gasteiger partial charge on any atom is 0.266 e. The van der Waals surface area contributed by atoms with Crippen molar-refractivity contribution < 1.29 is 4.39 Å². The maximum absolute atomic E-state index is 13.1. The quantitative estimate of drug-likeness (QED) is 0.744. The van der Waals surface area contributed by atoms with E-state index in [1.54, 1.807) is 24.4 Å². The first-order valence-electron chi connectivity index (χ1n) is 8.49. The average molecular weight is 354 g/mol. The number of nitrogens with zero attached hydrogens (tertiary/aromatic N) is 4. The van der Waals surface area contributed by atoms with E-state index < -0.39 is 0 Å². The van der Waals surface area contributed by atoms with E-state index in [0.29, 0.717) is 0 Å². The van der Waals surface area contributed by atoms with Crippen molar-refractivity contribution in [3.8, 4) is 11.3 Å². The van der Waals surface area contributed by atoms with Gasteiger partial charge in [0.2, 0.25) is 0 Å². The van der Waals surface area contributed by atoms with E-state index >= 15 is 0 Å². The molecule has 1 aliphatic rings. The smallest absolute Gasteiger partial charge is 0.266 e. The summed E-state index contributed by atoms with van der Waals surface area (Å²) in [5, 5.41) is 13.4. The Kier molecular flexibility index (Phi) is 4.49. The highest BCUT2D eigenvalue weighted by Gasteiger charge is 2.19. The Labute approximate surface area is 149 Å². The third-order valence-electron chi connectivity index (χ3n) is 4.63. The summed E-state index contributed by atoms with van der Waals surface area (Å²) < 4.78 is 13.1. The van der Waals surface area contributed by atoms with Crippen molar-refractivity contribution in [3.63, 3.8) is 0 Å². The number of aromatic nitrogens is 4. The normalized spacial score (nSPS) is 15.3. The van der Waals surface area contributed by atoms with Gasteiger partial charge in [0.1, 0.15) is 5.82 Å². The van der Waals surface area contributed by atoms with E-state index in [2.05, 4.69) is 30.2 Å². The van der Waals surface area contributed by atoms with Gasteiger partial charge in [-0.3, -0.25) is 14.8 Å². The Morgan fingerprint density at radius 3 is 2.46 bits per heavy atom. The highest BCUT2D eigenvalue weighted by Crippen LogP contribution is 2.23. The van der Waals surface area contributed by atoms with Gasteiger partial charge in [0, 0.05) is 49.9 Å². The number of benzene rings is 1. The van der Waals surface area contributed by atoms with Gasteiger partial charge in [0.25, 0.3) is 5.56 Å². The Morgan fingerprint density at radius 1 is 1.00 bits per heavy atom. The lowest BCUT2D eigenvalue weighted by atomic mass is 10.1. The SMILES string of the molecule is O=c1cc(N2CCN(Cc3cn[nH]c3-c3ccc(F)cc3)CC2)cn[nH]1. The van der Waals surface area contributed by atoms with Crippen LogP contribution in [-0.4, -0.2) is 51.5 Å². The second-order valence-electron chi connectivity index (χ2n) is 6.34. The lowest BCUT2D eigenvalue weighted by Crippen LogP contribution is -2.46. The number of anilines is 1. The van der Waals surface area contributed by atoms with Gasteiger partial charge in [-0.2, -0.15) is 10.2 Å². The second kappa shape index (κ2) is 7.09. The summed E-state index contributed by atoms with van der Waals surface area (Å²) in [6.07, 6.45) is 3.51. The van der Waals surface area contributed by atoms with Crippen LogP contribution in [0.5, 0.6) is 0 Å². The van der Waals surface area contributed by atoms with Crippen LogP contribution in [0.4, 0.5) is 10.1 Å². The molecule has 134 valence electrons. The molecule has 2 N–H and O–H groups in total. The molecule has 0 bridgehead atoms. The lowest BCUT2D eigenvalue weighted by Gasteiger charge is -2.35. The Morgan fingerprint density at radius 2 is 1.73 bits per heavy atom. The van der Waals surface area contributed by atoms with E-state index in [4.69, 9.17) is 0 Å². The zero-order valence-electron chi connectivity index (χ0n) is 14.2. The number of piperazine rings is 1. The minimum Gasteiger partial charge on any atom is -0.368 e. The number of hydrogen-bond acceptors (Lipinski definition) is 5. The van der Waals surface area contributed by atoms with Crippen LogP contribution in [0.25, 0.3) is 11.3 Å². The number of aromatic amines is 2. The third kappa shape index (κ3) is 3.50. The molecular formula is C18H19FN6O. The number of halogens is 1. The summed E-state index contributed by atoms with van der Waals surface area (Å²) in [4.78, 5) is 15.9. The molecule has 1 aliphatic heterocycles. The largest absolute Gasteiger partial charge is 0.368 e. The van der Waals surface area contributed by atoms with Crippen LogP contribution in [0.15, 0.2) is 47.5 Å². The topological polar surface area (TPSA) is 80.9 Å². The second-order valence-corrected chi connectivity index (χ2v) is 6.34. The van der Waals surface area contributed by atoms with E-state index in [9.17, 15) is 9.18 Å². The average Bonchev–Trinajstić information content (AvgIpc) is 3.11. The zero-order chi connectivity index (χ0) is 17.9. The van der Waals surface area contributed by atoms with Crippen molar-refractivity contribution in [2.24, 2.45) is 0 Å². The summed E-state index contributed by atoms with van der Waals surface area (Å²) in [6, 6.07) is 7.99. The van der Waals surface area contributed by atoms with Gasteiger partial charge in [-0.25, -0.2) is 9.49 Å². The number of hydrogen-bond donors (Lipinski definition) is 2. The van der Waals surface area contributed by atoms with Crippen LogP contribution in [0.2, 0.25) is 0 Å². The third-order valence-corrected chi connectivity index (χ3v) is 4.63. The van der Waals surface area contributed by atoms with E-state index in [0.717, 1.165) is 55.2 Å². The standard InChI is InChI=1S/C18H19FN6O/c19-15-3-1-13(2-4-15)18-14(10-20-23-18)12-24-5-7-25(8-6-24)16-9-17(26)22-21-11-16/h1-4,9-11H,5-8,12H2,(H,20,23)(H,22,26). The van der Waals surface area contributed by atoms with Crippen molar-refractivity contribution in [3.05, 3.63) is 64.5 Å². The van der Waals surface area contributed by atoms with Crippen molar-refractivity contribution in [2.75, 3.05) is 31.1 Å². The summed E-state index contributed by atoms with van der Waals surface area (Å²) in [6.45, 7) is 4.18. The fraction of sp³-hybridized carbons (Fsp3) is 0.278. The lowest BCUT2D eigenvalue weighted by molar-refractivity contribution is 0.250. The van der Waals surface area contributed by atoms with Crippen molar-refractivity contribution in [2.45, 2.75) is 6.54 Å². The zero-order valence-corrected chi connectivity index (χ0v) is 14.2. The highest BCUT2D eigenvalue weighted by molar-refractivity contribution is 5.62. The van der Waals surface area contributed by atoms with Crippen LogP contribution in [0, 0.1) is 5.82 Å². The van der Waals surface area contributed by atoms with Crippen LogP contribution in [0.3, 0.4) is 0 Å². The minimum atomic E-state index is -0.250. The summed E-state index contributed by atoms with van der Waals surface area (Å²) in [7, 11) is 0. The van der Waals surface area contributed by atoms with Crippen LogP contribution in [0.1, 0.15) is 5.56 Å². The van der Waals surface area contributed by atoms with Gasteiger partial charge in [-0.1, -0.05) is 0 Å². The van der Waals surface area contributed by atoms with Gasteiger partial charge in [0.15, 0.2) is 0 Å². The molecule has 7 nitrogen and oxygen atoms in total. The predicted molar refractivity (Wildman–Crippen MR) is 96.3 cm³/mol. The summed E-state index contributed by atoms with van der Waals surface area (Å²) in [5.41, 5.74) is 3.59. The Bertz CT molecular complexity index is 927. The fourth-order valence-electron chi connectivity index (χ4n) is 3.24. The molecule has 8 heteroatoms. The fourth-order valence-corrected chi connectivity index (χ4v) is 3.24. The molecule has 0 atom stereocenters. The van der Waals surface area contributed by atoms with Crippen LogP contribution in [-0.2, 0) is 6.54 Å². The Hall–Kier alpha value is -3.00. The first kappa shape index (κ1) is 16.5. The molecule has 3 aromatic rings. The molecule has 1 fully saturated rings. The maximum atomic E-state index is 13.1. The molecule has 0 aliphatic carbocycles. The molecule has 26 heavy (non-hydrogen) atoms. The Balaban J connectivity index is 1.42. The minimum absolute atomic E-state index is 0.188. The molecule has 0 unspecified atom stereocenters. The first-order valence-corrected chi connectivity index (χ1v) is 8.49. The van der Waals surface area contributed by atoms with Gasteiger partial charge >= 0.3 is 0 Å². The summed E-state index contributed by atoms with van der Waals surface area (Å²) in [5.74, 6) is -0.250. The molecule has 4 rings (SSSR count). The number of rotatable bonds is 4. The monoisotopic (exact) mass is 354 g/mol. The molecule has 0 radical (unpaired) electrons.